The molecule has 2 bridgehead atoms. The summed E-state index contributed by atoms with van der Waals surface area (Å²) in [4.78, 5) is 12.1. The van der Waals surface area contributed by atoms with Crippen molar-refractivity contribution in [1.82, 2.24) is 4.72 Å². The Labute approximate surface area is 108 Å². The summed E-state index contributed by atoms with van der Waals surface area (Å²) in [5.74, 6) is -0.331. The minimum absolute atomic E-state index is 0.0996. The van der Waals surface area contributed by atoms with Crippen molar-refractivity contribution in [2.75, 3.05) is 6.54 Å². The van der Waals surface area contributed by atoms with E-state index in [9.17, 15) is 13.2 Å². The average molecular weight is 269 g/mol. The molecule has 3 rings (SSSR count). The number of carbonyl (C=O) groups is 1. The van der Waals surface area contributed by atoms with Crippen molar-refractivity contribution in [2.24, 2.45) is 22.7 Å². The van der Waals surface area contributed by atoms with E-state index < -0.39 is 21.2 Å². The number of sulfonamides is 1. The second-order valence-electron chi connectivity index (χ2n) is 6.44. The molecule has 1 saturated heterocycles. The fraction of sp³-hybridized carbons (Fsp3) is 0.769. The zero-order chi connectivity index (χ0) is 13.3. The maximum atomic E-state index is 12.2. The number of fused-ring (bicyclic) bond motifs is 1. The first kappa shape index (κ1) is 12.4. The van der Waals surface area contributed by atoms with Crippen molar-refractivity contribution in [3.63, 3.8) is 0 Å². The van der Waals surface area contributed by atoms with Crippen LogP contribution in [0, 0.1) is 22.7 Å². The number of hydrogen-bond donors (Lipinski definition) is 1. The third kappa shape index (κ3) is 1.11. The smallest absolute Gasteiger partial charge is 0.215 e. The molecule has 100 valence electrons. The number of allylic oxidation sites excluding steroid dienone is 1. The summed E-state index contributed by atoms with van der Waals surface area (Å²) in [6.45, 7) is 8.27. The van der Waals surface area contributed by atoms with Crippen molar-refractivity contribution in [3.05, 3.63) is 12.7 Å². The molecule has 0 aromatic rings. The van der Waals surface area contributed by atoms with Crippen LogP contribution in [0.25, 0.3) is 0 Å². The topological polar surface area (TPSA) is 63.2 Å². The van der Waals surface area contributed by atoms with Gasteiger partial charge in [-0.05, 0) is 30.3 Å². The molecule has 0 amide bonds. The molecule has 5 heteroatoms. The summed E-state index contributed by atoms with van der Waals surface area (Å²) in [5, 5.41) is -0.552. The predicted molar refractivity (Wildman–Crippen MR) is 68.3 cm³/mol. The highest BCUT2D eigenvalue weighted by Gasteiger charge is 2.75. The Kier molecular flexibility index (Phi) is 2.23. The van der Waals surface area contributed by atoms with Crippen molar-refractivity contribution in [1.29, 1.82) is 0 Å². The molecule has 1 spiro atoms. The van der Waals surface area contributed by atoms with Gasteiger partial charge in [0.2, 0.25) is 10.0 Å². The van der Waals surface area contributed by atoms with Crippen LogP contribution in [0.1, 0.15) is 26.7 Å². The molecule has 2 saturated carbocycles. The van der Waals surface area contributed by atoms with Crippen molar-refractivity contribution in [3.8, 4) is 0 Å². The Bertz CT molecular complexity index is 536. The van der Waals surface area contributed by atoms with E-state index in [0.29, 0.717) is 6.54 Å². The highest BCUT2D eigenvalue weighted by Crippen LogP contribution is 2.70. The van der Waals surface area contributed by atoms with Crippen LogP contribution in [0.2, 0.25) is 0 Å². The molecule has 4 atom stereocenters. The highest BCUT2D eigenvalue weighted by atomic mass is 32.2. The van der Waals surface area contributed by atoms with Crippen LogP contribution in [-0.4, -0.2) is 26.0 Å². The number of rotatable bonds is 2. The third-order valence-corrected chi connectivity index (χ3v) is 7.83. The monoisotopic (exact) mass is 269 g/mol. The van der Waals surface area contributed by atoms with Crippen LogP contribution in [0.4, 0.5) is 0 Å². The summed E-state index contributed by atoms with van der Waals surface area (Å²) < 4.78 is 27.2. The first-order valence-corrected chi connectivity index (χ1v) is 7.97. The molecule has 3 unspecified atom stereocenters. The lowest BCUT2D eigenvalue weighted by molar-refractivity contribution is -0.119. The zero-order valence-corrected chi connectivity index (χ0v) is 11.6. The lowest BCUT2D eigenvalue weighted by Crippen LogP contribution is -2.42. The largest absolute Gasteiger partial charge is 0.295 e. The van der Waals surface area contributed by atoms with E-state index in [1.807, 2.05) is 0 Å². The molecule has 3 fully saturated rings. The van der Waals surface area contributed by atoms with Crippen molar-refractivity contribution in [2.45, 2.75) is 31.9 Å². The van der Waals surface area contributed by atoms with Gasteiger partial charge in [0, 0.05) is 17.9 Å². The quantitative estimate of drug-likeness (QED) is 0.763. The minimum Gasteiger partial charge on any atom is -0.295 e. The second-order valence-corrected chi connectivity index (χ2v) is 8.33. The highest BCUT2D eigenvalue weighted by molar-refractivity contribution is 7.90. The van der Waals surface area contributed by atoms with E-state index in [-0.39, 0.29) is 22.5 Å². The van der Waals surface area contributed by atoms with E-state index in [1.54, 1.807) is 0 Å². The summed E-state index contributed by atoms with van der Waals surface area (Å²) in [5.41, 5.74) is -0.364. The van der Waals surface area contributed by atoms with Gasteiger partial charge in [-0.1, -0.05) is 20.4 Å². The van der Waals surface area contributed by atoms with Crippen LogP contribution < -0.4 is 4.72 Å². The molecule has 18 heavy (non-hydrogen) atoms. The molecule has 1 aliphatic heterocycles. The third-order valence-electron chi connectivity index (χ3n) is 5.87. The standard InChI is InChI=1S/C13H19NO3S/c1-4-9(15)10-8-5-6-13(12(8,2)3)7-14-18(16,17)11(10)13/h4,8,10-11,14H,1,5-7H2,2-3H3/t8?,10?,11-,13?/m1/s1. The van der Waals surface area contributed by atoms with E-state index >= 15 is 0 Å². The molecule has 3 aliphatic rings. The fourth-order valence-electron chi connectivity index (χ4n) is 4.87. The summed E-state index contributed by atoms with van der Waals surface area (Å²) in [6, 6.07) is 0. The molecule has 2 aliphatic carbocycles. The lowest BCUT2D eigenvalue weighted by atomic mass is 9.69. The van der Waals surface area contributed by atoms with Gasteiger partial charge in [0.1, 0.15) is 0 Å². The molecule has 1 N–H and O–H groups in total. The first-order valence-electron chi connectivity index (χ1n) is 6.43. The van der Waals surface area contributed by atoms with Gasteiger partial charge < -0.3 is 0 Å². The molecule has 0 radical (unpaired) electrons. The van der Waals surface area contributed by atoms with Crippen LogP contribution >= 0.6 is 0 Å². The molecule has 4 nitrogen and oxygen atoms in total. The maximum Gasteiger partial charge on any atom is 0.215 e. The lowest BCUT2D eigenvalue weighted by Gasteiger charge is -2.36. The van der Waals surface area contributed by atoms with Crippen LogP contribution in [0.3, 0.4) is 0 Å². The van der Waals surface area contributed by atoms with Gasteiger partial charge in [-0.2, -0.15) is 0 Å². The number of hydrogen-bond acceptors (Lipinski definition) is 3. The first-order chi connectivity index (χ1) is 8.28. The van der Waals surface area contributed by atoms with Crippen LogP contribution in [-0.2, 0) is 14.8 Å². The maximum absolute atomic E-state index is 12.2. The van der Waals surface area contributed by atoms with Gasteiger partial charge in [-0.3, -0.25) is 4.79 Å². The molecular weight excluding hydrogens is 250 g/mol. The SMILES string of the molecule is C=CC(=O)C1C2CCC3(CNS(=O)(=O)[C@H]13)C2(C)C. The minimum atomic E-state index is -3.36. The molecule has 0 aromatic carbocycles. The van der Waals surface area contributed by atoms with Crippen molar-refractivity contribution >= 4 is 15.8 Å². The van der Waals surface area contributed by atoms with Gasteiger partial charge in [0.25, 0.3) is 0 Å². The molecule has 0 aromatic heterocycles. The van der Waals surface area contributed by atoms with Gasteiger partial charge in [-0.25, -0.2) is 13.1 Å². The van der Waals surface area contributed by atoms with E-state index in [1.165, 1.54) is 6.08 Å². The van der Waals surface area contributed by atoms with Crippen LogP contribution in [0.5, 0.6) is 0 Å². The number of nitrogens with one attached hydrogen (secondary N) is 1. The van der Waals surface area contributed by atoms with Gasteiger partial charge in [-0.15, -0.1) is 0 Å². The second kappa shape index (κ2) is 3.25. The van der Waals surface area contributed by atoms with E-state index in [0.717, 1.165) is 12.8 Å². The van der Waals surface area contributed by atoms with Crippen LogP contribution in [0.15, 0.2) is 12.7 Å². The summed E-state index contributed by atoms with van der Waals surface area (Å²) >= 11 is 0. The Hall–Kier alpha value is -0.680. The predicted octanol–water partition coefficient (Wildman–Crippen LogP) is 1.10. The fourth-order valence-corrected chi connectivity index (χ4v) is 7.31. The summed E-state index contributed by atoms with van der Waals surface area (Å²) in [6.07, 6.45) is 3.15. The Morgan fingerprint density at radius 1 is 1.44 bits per heavy atom. The van der Waals surface area contributed by atoms with Gasteiger partial charge >= 0.3 is 0 Å². The van der Waals surface area contributed by atoms with Gasteiger partial charge in [0.15, 0.2) is 5.78 Å². The number of ketones is 1. The average Bonchev–Trinajstić information content (AvgIpc) is 2.81. The summed E-state index contributed by atoms with van der Waals surface area (Å²) in [7, 11) is -3.36. The van der Waals surface area contributed by atoms with E-state index in [4.69, 9.17) is 0 Å². The zero-order valence-electron chi connectivity index (χ0n) is 10.8. The molecule has 1 heterocycles. The number of carbonyl (C=O) groups excluding carboxylic acids is 1. The normalized spacial score (nSPS) is 46.9. The Morgan fingerprint density at radius 3 is 2.72 bits per heavy atom. The Morgan fingerprint density at radius 2 is 2.11 bits per heavy atom. The van der Waals surface area contributed by atoms with Crippen molar-refractivity contribution < 1.29 is 13.2 Å². The van der Waals surface area contributed by atoms with E-state index in [2.05, 4.69) is 25.1 Å². The Balaban J connectivity index is 2.20. The molecular formula is C13H19NO3S. The van der Waals surface area contributed by atoms with Gasteiger partial charge in [0.05, 0.1) is 5.25 Å².